The van der Waals surface area contributed by atoms with Gasteiger partial charge >= 0.3 is 0 Å². The molecule has 7 nitrogen and oxygen atoms in total. The zero-order valence-electron chi connectivity index (χ0n) is 17.4. The molecule has 1 aliphatic heterocycles. The molecule has 1 fully saturated rings. The smallest absolute Gasteiger partial charge is 0.159 e. The maximum atomic E-state index is 4.63. The van der Waals surface area contributed by atoms with E-state index in [9.17, 15) is 0 Å². The number of nitrogens with zero attached hydrogens (tertiary/aromatic N) is 7. The van der Waals surface area contributed by atoms with Crippen LogP contribution < -0.4 is 5.01 Å². The Morgan fingerprint density at radius 2 is 1.60 bits per heavy atom. The molecule has 1 aliphatic rings. The number of benzene rings is 1. The van der Waals surface area contributed by atoms with Gasteiger partial charge in [-0.15, -0.1) is 0 Å². The topological polar surface area (TPSA) is 64.7 Å². The molecule has 0 spiro atoms. The van der Waals surface area contributed by atoms with Gasteiger partial charge in [-0.1, -0.05) is 18.2 Å². The Labute approximate surface area is 176 Å². The fourth-order valence-electron chi connectivity index (χ4n) is 4.03. The Morgan fingerprint density at radius 3 is 2.33 bits per heavy atom. The molecule has 0 bridgehead atoms. The zero-order valence-corrected chi connectivity index (χ0v) is 17.4. The Hall–Kier alpha value is -3.48. The molecule has 30 heavy (non-hydrogen) atoms. The standard InChI is InChI=1S/C23H25N7/c1-17-22(16-28(2)27-17)18-7-6-8-19(11-18)23-24-12-20(13-25-23)21-14-26-30(15-21)29-9-4-3-5-10-29/h6-8,11-16H,3-5,9-10H2,1-2H3. The van der Waals surface area contributed by atoms with E-state index in [0.29, 0.717) is 5.82 Å². The van der Waals surface area contributed by atoms with Crippen LogP contribution in [0.1, 0.15) is 25.0 Å². The predicted octanol–water partition coefficient (Wildman–Crippen LogP) is 3.84. The van der Waals surface area contributed by atoms with Gasteiger partial charge in [0.2, 0.25) is 0 Å². The number of piperidine rings is 1. The van der Waals surface area contributed by atoms with Crippen LogP contribution in [0.25, 0.3) is 33.6 Å². The van der Waals surface area contributed by atoms with Crippen molar-refractivity contribution in [1.82, 2.24) is 29.6 Å². The SMILES string of the molecule is Cc1nn(C)cc1-c1cccc(-c2ncc(-c3cnn(N4CCCCC4)c3)cn2)c1. The first-order chi connectivity index (χ1) is 14.7. The maximum Gasteiger partial charge on any atom is 0.159 e. The summed E-state index contributed by atoms with van der Waals surface area (Å²) in [7, 11) is 1.94. The fraction of sp³-hybridized carbons (Fsp3) is 0.304. The van der Waals surface area contributed by atoms with Crippen LogP contribution in [-0.2, 0) is 7.05 Å². The number of aryl methyl sites for hydroxylation is 2. The molecule has 0 aliphatic carbocycles. The molecular formula is C23H25N7. The summed E-state index contributed by atoms with van der Waals surface area (Å²) in [6.07, 6.45) is 13.5. The molecule has 1 saturated heterocycles. The highest BCUT2D eigenvalue weighted by Crippen LogP contribution is 2.27. The van der Waals surface area contributed by atoms with Crippen LogP contribution in [0, 0.1) is 6.92 Å². The second-order valence-electron chi connectivity index (χ2n) is 7.84. The molecule has 5 rings (SSSR count). The predicted molar refractivity (Wildman–Crippen MR) is 117 cm³/mol. The monoisotopic (exact) mass is 399 g/mol. The molecule has 1 aromatic carbocycles. The van der Waals surface area contributed by atoms with Gasteiger partial charge in [-0.3, -0.25) is 9.69 Å². The van der Waals surface area contributed by atoms with Gasteiger partial charge in [0.25, 0.3) is 0 Å². The van der Waals surface area contributed by atoms with Crippen molar-refractivity contribution in [2.75, 3.05) is 18.1 Å². The third-order valence-electron chi connectivity index (χ3n) is 5.62. The van der Waals surface area contributed by atoms with Gasteiger partial charge in [-0.05, 0) is 37.8 Å². The molecule has 0 N–H and O–H groups in total. The Balaban J connectivity index is 1.38. The average Bonchev–Trinajstić information content (AvgIpc) is 3.41. The molecule has 0 atom stereocenters. The average molecular weight is 400 g/mol. The molecule has 152 valence electrons. The van der Waals surface area contributed by atoms with Crippen molar-refractivity contribution >= 4 is 0 Å². The first-order valence-corrected chi connectivity index (χ1v) is 10.4. The van der Waals surface area contributed by atoms with Crippen LogP contribution in [0.2, 0.25) is 0 Å². The third-order valence-corrected chi connectivity index (χ3v) is 5.62. The van der Waals surface area contributed by atoms with E-state index in [2.05, 4.69) is 43.5 Å². The van der Waals surface area contributed by atoms with Gasteiger partial charge < -0.3 is 0 Å². The highest BCUT2D eigenvalue weighted by molar-refractivity contribution is 5.71. The lowest BCUT2D eigenvalue weighted by atomic mass is 10.0. The van der Waals surface area contributed by atoms with Crippen LogP contribution in [-0.4, -0.2) is 42.7 Å². The minimum absolute atomic E-state index is 0.713. The second kappa shape index (κ2) is 7.74. The Kier molecular flexibility index (Phi) is 4.78. The van der Waals surface area contributed by atoms with Crippen LogP contribution >= 0.6 is 0 Å². The van der Waals surface area contributed by atoms with E-state index >= 15 is 0 Å². The highest BCUT2D eigenvalue weighted by atomic mass is 15.6. The molecule has 7 heteroatoms. The molecule has 0 amide bonds. The number of hydrogen-bond acceptors (Lipinski definition) is 5. The van der Waals surface area contributed by atoms with Crippen molar-refractivity contribution in [2.24, 2.45) is 7.05 Å². The van der Waals surface area contributed by atoms with E-state index in [1.165, 1.54) is 19.3 Å². The summed E-state index contributed by atoms with van der Waals surface area (Å²) < 4.78 is 1.84. The minimum Gasteiger partial charge on any atom is -0.297 e. The molecule has 0 unspecified atom stereocenters. The molecule has 3 aromatic heterocycles. The second-order valence-corrected chi connectivity index (χ2v) is 7.84. The van der Waals surface area contributed by atoms with Gasteiger partial charge in [0, 0.05) is 61.0 Å². The summed E-state index contributed by atoms with van der Waals surface area (Å²) in [5.41, 5.74) is 6.26. The van der Waals surface area contributed by atoms with E-state index < -0.39 is 0 Å². The van der Waals surface area contributed by atoms with Gasteiger partial charge in [0.1, 0.15) is 0 Å². The lowest BCUT2D eigenvalue weighted by Crippen LogP contribution is -2.39. The van der Waals surface area contributed by atoms with E-state index in [0.717, 1.165) is 46.6 Å². The first kappa shape index (κ1) is 18.5. The quantitative estimate of drug-likeness (QED) is 0.522. The van der Waals surface area contributed by atoms with Crippen molar-refractivity contribution in [3.05, 3.63) is 60.9 Å². The third kappa shape index (κ3) is 3.58. The van der Waals surface area contributed by atoms with Gasteiger partial charge in [0.15, 0.2) is 5.82 Å². The lowest BCUT2D eigenvalue weighted by molar-refractivity contribution is 0.449. The van der Waals surface area contributed by atoms with Crippen molar-refractivity contribution < 1.29 is 0 Å². The molecule has 0 saturated carbocycles. The molecule has 0 radical (unpaired) electrons. The van der Waals surface area contributed by atoms with Crippen molar-refractivity contribution in [3.8, 4) is 33.6 Å². The summed E-state index contributed by atoms with van der Waals surface area (Å²) in [6.45, 7) is 4.14. The van der Waals surface area contributed by atoms with Crippen molar-refractivity contribution in [3.63, 3.8) is 0 Å². The highest BCUT2D eigenvalue weighted by Gasteiger charge is 2.13. The van der Waals surface area contributed by atoms with Crippen LogP contribution in [0.4, 0.5) is 0 Å². The zero-order chi connectivity index (χ0) is 20.5. The molecule has 4 aromatic rings. The van der Waals surface area contributed by atoms with E-state index in [-0.39, 0.29) is 0 Å². The van der Waals surface area contributed by atoms with E-state index in [1.807, 2.05) is 60.4 Å². The summed E-state index contributed by atoms with van der Waals surface area (Å²) in [5.74, 6) is 0.713. The van der Waals surface area contributed by atoms with Crippen LogP contribution in [0.3, 0.4) is 0 Å². The normalized spacial score (nSPS) is 14.3. The summed E-state index contributed by atoms with van der Waals surface area (Å²) in [4.78, 5) is 11.2. The van der Waals surface area contributed by atoms with Gasteiger partial charge in [-0.25, -0.2) is 9.97 Å². The fourth-order valence-corrected chi connectivity index (χ4v) is 4.03. The number of rotatable bonds is 4. The van der Waals surface area contributed by atoms with Crippen molar-refractivity contribution in [1.29, 1.82) is 0 Å². The van der Waals surface area contributed by atoms with Crippen LogP contribution in [0.5, 0.6) is 0 Å². The van der Waals surface area contributed by atoms with E-state index in [1.54, 1.807) is 0 Å². The van der Waals surface area contributed by atoms with Gasteiger partial charge in [-0.2, -0.15) is 15.0 Å². The molecule has 4 heterocycles. The number of aromatic nitrogens is 6. The first-order valence-electron chi connectivity index (χ1n) is 10.4. The number of hydrogen-bond donors (Lipinski definition) is 0. The van der Waals surface area contributed by atoms with E-state index in [4.69, 9.17) is 0 Å². The Morgan fingerprint density at radius 1 is 0.833 bits per heavy atom. The Bertz CT molecular complexity index is 1150. The minimum atomic E-state index is 0.713. The van der Waals surface area contributed by atoms with Crippen molar-refractivity contribution in [2.45, 2.75) is 26.2 Å². The molecular weight excluding hydrogens is 374 g/mol. The maximum absolute atomic E-state index is 4.63. The summed E-state index contributed by atoms with van der Waals surface area (Å²) >= 11 is 0. The lowest BCUT2D eigenvalue weighted by Gasteiger charge is -2.28. The summed E-state index contributed by atoms with van der Waals surface area (Å²) in [6, 6.07) is 8.29. The van der Waals surface area contributed by atoms with Gasteiger partial charge in [0.05, 0.1) is 18.1 Å². The largest absolute Gasteiger partial charge is 0.297 e. The summed E-state index contributed by atoms with van der Waals surface area (Å²) in [5, 5.41) is 11.3. The van der Waals surface area contributed by atoms with Crippen LogP contribution in [0.15, 0.2) is 55.2 Å².